The number of carboxylic acids is 1. The van der Waals surface area contributed by atoms with E-state index in [4.69, 9.17) is 5.11 Å². The fourth-order valence-electron chi connectivity index (χ4n) is 1.66. The molecule has 4 nitrogen and oxygen atoms in total. The van der Waals surface area contributed by atoms with Crippen LogP contribution in [0, 0.1) is 0 Å². The number of benzene rings is 1. The molecule has 0 unspecified atom stereocenters. The van der Waals surface area contributed by atoms with Gasteiger partial charge in [-0.3, -0.25) is 4.68 Å². The predicted molar refractivity (Wildman–Crippen MR) is 60.6 cm³/mol. The molecule has 0 spiro atoms. The van der Waals surface area contributed by atoms with E-state index >= 15 is 0 Å². The topological polar surface area (TPSA) is 55.1 Å². The maximum Gasteiger partial charge on any atom is 0.416 e. The fraction of sp³-hybridized carbons (Fsp3) is 0.167. The van der Waals surface area contributed by atoms with Crippen LogP contribution in [-0.2, 0) is 13.2 Å². The molecule has 1 aromatic carbocycles. The van der Waals surface area contributed by atoms with Crippen LogP contribution in [0.15, 0.2) is 30.3 Å². The standard InChI is InChI=1S/C12H9F3N2O2/c1-17-10(11(18)19)6-9(16-17)7-3-2-4-8(5-7)12(13,14)15/h2-6H,1H3,(H,18,19). The number of carboxylic acid groups (broad SMARTS) is 1. The van der Waals surface area contributed by atoms with Crippen LogP contribution in [0.3, 0.4) is 0 Å². The van der Waals surface area contributed by atoms with E-state index < -0.39 is 17.7 Å². The lowest BCUT2D eigenvalue weighted by Gasteiger charge is -2.07. The summed E-state index contributed by atoms with van der Waals surface area (Å²) in [6.07, 6.45) is -4.44. The highest BCUT2D eigenvalue weighted by Crippen LogP contribution is 2.31. The SMILES string of the molecule is Cn1nc(-c2cccc(C(F)(F)F)c2)cc1C(=O)O. The number of carbonyl (C=O) groups is 1. The van der Waals surface area contributed by atoms with Crippen molar-refractivity contribution in [1.82, 2.24) is 9.78 Å². The van der Waals surface area contributed by atoms with Crippen molar-refractivity contribution in [3.63, 3.8) is 0 Å². The van der Waals surface area contributed by atoms with Gasteiger partial charge in [-0.2, -0.15) is 18.3 Å². The van der Waals surface area contributed by atoms with Crippen molar-refractivity contribution in [1.29, 1.82) is 0 Å². The summed E-state index contributed by atoms with van der Waals surface area (Å²) >= 11 is 0. The third-order valence-electron chi connectivity index (χ3n) is 2.58. The molecule has 2 aromatic rings. The Labute approximate surface area is 106 Å². The number of nitrogens with zero attached hydrogens (tertiary/aromatic N) is 2. The molecule has 0 saturated carbocycles. The van der Waals surface area contributed by atoms with Crippen LogP contribution in [0.5, 0.6) is 0 Å². The second-order valence-electron chi connectivity index (χ2n) is 3.92. The van der Waals surface area contributed by atoms with Gasteiger partial charge in [0.1, 0.15) is 5.69 Å². The summed E-state index contributed by atoms with van der Waals surface area (Å²) < 4.78 is 38.8. The molecule has 0 aliphatic heterocycles. The molecule has 0 aliphatic rings. The first-order valence-corrected chi connectivity index (χ1v) is 5.24. The molecule has 0 fully saturated rings. The van der Waals surface area contributed by atoms with Gasteiger partial charge in [0, 0.05) is 12.6 Å². The zero-order valence-corrected chi connectivity index (χ0v) is 9.77. The van der Waals surface area contributed by atoms with Crippen LogP contribution in [-0.4, -0.2) is 20.9 Å². The van der Waals surface area contributed by atoms with E-state index in [9.17, 15) is 18.0 Å². The highest BCUT2D eigenvalue weighted by Gasteiger charge is 2.30. The molecule has 19 heavy (non-hydrogen) atoms. The smallest absolute Gasteiger partial charge is 0.416 e. The summed E-state index contributed by atoms with van der Waals surface area (Å²) in [5.74, 6) is -1.19. The Balaban J connectivity index is 2.48. The molecule has 0 aliphatic carbocycles. The lowest BCUT2D eigenvalue weighted by Crippen LogP contribution is -2.05. The largest absolute Gasteiger partial charge is 0.477 e. The molecule has 2 rings (SSSR count). The predicted octanol–water partition coefficient (Wildman–Crippen LogP) is 2.80. The molecule has 1 N–H and O–H groups in total. The first kappa shape index (κ1) is 13.1. The minimum atomic E-state index is -4.44. The molecule has 1 aromatic heterocycles. The van der Waals surface area contributed by atoms with E-state index in [0.717, 1.165) is 16.8 Å². The molecule has 0 amide bonds. The summed E-state index contributed by atoms with van der Waals surface area (Å²) in [6.45, 7) is 0. The molecule has 7 heteroatoms. The van der Waals surface area contributed by atoms with E-state index in [1.807, 2.05) is 0 Å². The number of aryl methyl sites for hydroxylation is 1. The van der Waals surface area contributed by atoms with Gasteiger partial charge in [0.05, 0.1) is 11.3 Å². The summed E-state index contributed by atoms with van der Waals surface area (Å²) in [6, 6.07) is 5.83. The molecule has 100 valence electrons. The molecule has 0 bridgehead atoms. The molecule has 0 saturated heterocycles. The quantitative estimate of drug-likeness (QED) is 0.912. The maximum atomic E-state index is 12.6. The average Bonchev–Trinajstić information content (AvgIpc) is 2.70. The van der Waals surface area contributed by atoms with Gasteiger partial charge in [0.25, 0.3) is 0 Å². The highest BCUT2D eigenvalue weighted by molar-refractivity contribution is 5.87. The number of hydrogen-bond donors (Lipinski definition) is 1. The lowest BCUT2D eigenvalue weighted by molar-refractivity contribution is -0.137. The Morgan fingerprint density at radius 3 is 2.53 bits per heavy atom. The summed E-state index contributed by atoms with van der Waals surface area (Å²) in [5.41, 5.74) is -0.483. The monoisotopic (exact) mass is 270 g/mol. The summed E-state index contributed by atoms with van der Waals surface area (Å²) in [7, 11) is 1.42. The van der Waals surface area contributed by atoms with E-state index in [0.29, 0.717) is 0 Å². The van der Waals surface area contributed by atoms with Gasteiger partial charge in [0.2, 0.25) is 0 Å². The number of alkyl halides is 3. The van der Waals surface area contributed by atoms with Gasteiger partial charge in [-0.1, -0.05) is 12.1 Å². The maximum absolute atomic E-state index is 12.6. The summed E-state index contributed by atoms with van der Waals surface area (Å²) in [4.78, 5) is 10.9. The number of hydrogen-bond acceptors (Lipinski definition) is 2. The number of halogens is 3. The van der Waals surface area contributed by atoms with E-state index in [-0.39, 0.29) is 17.0 Å². The van der Waals surface area contributed by atoms with Crippen molar-refractivity contribution in [3.05, 3.63) is 41.6 Å². The molecular formula is C12H9F3N2O2. The van der Waals surface area contributed by atoms with Gasteiger partial charge in [-0.05, 0) is 18.2 Å². The van der Waals surface area contributed by atoms with E-state index in [2.05, 4.69) is 5.10 Å². The molecule has 0 atom stereocenters. The van der Waals surface area contributed by atoms with E-state index in [1.54, 1.807) is 0 Å². The Morgan fingerprint density at radius 2 is 2.00 bits per heavy atom. The third kappa shape index (κ3) is 2.59. The Bertz CT molecular complexity index is 632. The van der Waals surface area contributed by atoms with Crippen LogP contribution in [0.25, 0.3) is 11.3 Å². The summed E-state index contributed by atoms with van der Waals surface area (Å²) in [5, 5.41) is 12.8. The van der Waals surface area contributed by atoms with Crippen molar-refractivity contribution in [3.8, 4) is 11.3 Å². The van der Waals surface area contributed by atoms with Crippen molar-refractivity contribution in [2.75, 3.05) is 0 Å². The zero-order valence-electron chi connectivity index (χ0n) is 9.77. The van der Waals surface area contributed by atoms with Crippen LogP contribution < -0.4 is 0 Å². The third-order valence-corrected chi connectivity index (χ3v) is 2.58. The average molecular weight is 270 g/mol. The van der Waals surface area contributed by atoms with Crippen molar-refractivity contribution in [2.24, 2.45) is 7.05 Å². The van der Waals surface area contributed by atoms with Gasteiger partial charge in [0.15, 0.2) is 0 Å². The van der Waals surface area contributed by atoms with Crippen LogP contribution in [0.4, 0.5) is 13.2 Å². The number of aromatic carboxylic acids is 1. The van der Waals surface area contributed by atoms with Crippen LogP contribution in [0.2, 0.25) is 0 Å². The van der Waals surface area contributed by atoms with Crippen molar-refractivity contribution >= 4 is 5.97 Å². The second-order valence-corrected chi connectivity index (χ2v) is 3.92. The minimum absolute atomic E-state index is 0.0904. The Kier molecular flexibility index (Phi) is 3.05. The molecule has 0 radical (unpaired) electrons. The van der Waals surface area contributed by atoms with Gasteiger partial charge in [-0.15, -0.1) is 0 Å². The Hall–Kier alpha value is -2.31. The minimum Gasteiger partial charge on any atom is -0.477 e. The first-order chi connectivity index (χ1) is 8.79. The van der Waals surface area contributed by atoms with Gasteiger partial charge >= 0.3 is 12.1 Å². The Morgan fingerprint density at radius 1 is 1.32 bits per heavy atom. The highest BCUT2D eigenvalue weighted by atomic mass is 19.4. The van der Waals surface area contributed by atoms with Crippen molar-refractivity contribution in [2.45, 2.75) is 6.18 Å². The fourth-order valence-corrected chi connectivity index (χ4v) is 1.66. The lowest BCUT2D eigenvalue weighted by atomic mass is 10.1. The van der Waals surface area contributed by atoms with Gasteiger partial charge < -0.3 is 5.11 Å². The van der Waals surface area contributed by atoms with Gasteiger partial charge in [-0.25, -0.2) is 4.79 Å². The van der Waals surface area contributed by atoms with Crippen LogP contribution in [0.1, 0.15) is 16.1 Å². The van der Waals surface area contributed by atoms with Crippen molar-refractivity contribution < 1.29 is 23.1 Å². The molecular weight excluding hydrogens is 261 g/mol. The number of aromatic nitrogens is 2. The normalized spacial score (nSPS) is 11.6. The van der Waals surface area contributed by atoms with Crippen LogP contribution >= 0.6 is 0 Å². The number of rotatable bonds is 2. The molecule has 1 heterocycles. The zero-order chi connectivity index (χ0) is 14.2. The van der Waals surface area contributed by atoms with E-state index in [1.165, 1.54) is 25.2 Å². The second kappa shape index (κ2) is 4.42. The first-order valence-electron chi connectivity index (χ1n) is 5.24.